The molecule has 1 aromatic heterocycles. The highest BCUT2D eigenvalue weighted by molar-refractivity contribution is 6.42. The van der Waals surface area contributed by atoms with E-state index in [1.54, 1.807) is 6.07 Å². The second-order valence-corrected chi connectivity index (χ2v) is 10.1. The predicted octanol–water partition coefficient (Wildman–Crippen LogP) is 8.33. The number of aromatic nitrogens is 2. The minimum absolute atomic E-state index is 0.0355. The normalized spacial score (nSPS) is 11.2. The predicted molar refractivity (Wildman–Crippen MR) is 157 cm³/mol. The summed E-state index contributed by atoms with van der Waals surface area (Å²) in [6, 6.07) is 23.1. The molecule has 2 N–H and O–H groups in total. The molecule has 0 bridgehead atoms. The van der Waals surface area contributed by atoms with Crippen molar-refractivity contribution in [1.29, 1.82) is 0 Å². The summed E-state index contributed by atoms with van der Waals surface area (Å²) in [5, 5.41) is 6.18. The molecule has 4 rings (SSSR count). The number of halogens is 5. The number of amides is 2. The van der Waals surface area contributed by atoms with Crippen molar-refractivity contribution >= 4 is 46.7 Å². The molecule has 1 heterocycles. The quantitative estimate of drug-likeness (QED) is 0.170. The Morgan fingerprint density at radius 2 is 1.51 bits per heavy atom. The molecule has 0 fully saturated rings. The van der Waals surface area contributed by atoms with E-state index >= 15 is 0 Å². The SMILES string of the molecule is O=C(NCCCCc1ccccc1)N(CCc1ccccc1)c1nc(Nc2ccc(Cl)c(Cl)c2)ncc1C(F)(F)F. The number of urea groups is 1. The fraction of sp³-hybridized carbons (Fsp3) is 0.233. The van der Waals surface area contributed by atoms with Crippen LogP contribution in [-0.2, 0) is 19.0 Å². The van der Waals surface area contributed by atoms with E-state index in [1.807, 2.05) is 60.7 Å². The Balaban J connectivity index is 1.56. The number of benzene rings is 3. The Morgan fingerprint density at radius 3 is 2.15 bits per heavy atom. The molecule has 4 aromatic rings. The monoisotopic (exact) mass is 601 g/mol. The topological polar surface area (TPSA) is 70.2 Å². The van der Waals surface area contributed by atoms with E-state index in [4.69, 9.17) is 23.2 Å². The van der Waals surface area contributed by atoms with Crippen LogP contribution in [0.2, 0.25) is 10.0 Å². The third-order valence-electron chi connectivity index (χ3n) is 6.23. The first-order valence-electron chi connectivity index (χ1n) is 13.0. The standard InChI is InChI=1S/C30H28Cl2F3N5O/c31-25-15-14-23(19-26(25)32)38-28-37-20-24(30(33,34)35)27(39-28)40(18-16-22-11-5-2-6-12-22)29(41)36-17-8-7-13-21-9-3-1-4-10-21/h1-6,9-12,14-15,19-20H,7-8,13,16-18H2,(H,36,41)(H,37,38,39). The zero-order valence-electron chi connectivity index (χ0n) is 22.0. The van der Waals surface area contributed by atoms with Gasteiger partial charge in [-0.1, -0.05) is 83.9 Å². The molecular formula is C30H28Cl2F3N5O. The summed E-state index contributed by atoms with van der Waals surface area (Å²) >= 11 is 12.0. The molecule has 0 saturated carbocycles. The summed E-state index contributed by atoms with van der Waals surface area (Å²) in [4.78, 5) is 22.4. The number of aryl methyl sites for hydroxylation is 1. The number of nitrogens with zero attached hydrogens (tertiary/aromatic N) is 3. The van der Waals surface area contributed by atoms with Gasteiger partial charge in [-0.2, -0.15) is 18.2 Å². The van der Waals surface area contributed by atoms with Crippen LogP contribution < -0.4 is 15.5 Å². The van der Waals surface area contributed by atoms with Gasteiger partial charge in [0.2, 0.25) is 5.95 Å². The average Bonchev–Trinajstić information content (AvgIpc) is 2.95. The van der Waals surface area contributed by atoms with E-state index in [2.05, 4.69) is 20.6 Å². The number of carbonyl (C=O) groups excluding carboxylic acids is 1. The van der Waals surface area contributed by atoms with Gasteiger partial charge >= 0.3 is 12.2 Å². The molecule has 0 spiro atoms. The third-order valence-corrected chi connectivity index (χ3v) is 6.97. The molecule has 3 aromatic carbocycles. The molecule has 11 heteroatoms. The maximum absolute atomic E-state index is 14.1. The second-order valence-electron chi connectivity index (χ2n) is 9.24. The van der Waals surface area contributed by atoms with Gasteiger partial charge in [0, 0.05) is 25.0 Å². The number of nitrogens with one attached hydrogen (secondary N) is 2. The Labute approximate surface area is 246 Å². The first kappa shape index (κ1) is 30.1. The van der Waals surface area contributed by atoms with Crippen molar-refractivity contribution in [3.63, 3.8) is 0 Å². The van der Waals surface area contributed by atoms with Crippen LogP contribution in [0.5, 0.6) is 0 Å². The van der Waals surface area contributed by atoms with Crippen LogP contribution >= 0.6 is 23.2 Å². The lowest BCUT2D eigenvalue weighted by molar-refractivity contribution is -0.137. The van der Waals surface area contributed by atoms with E-state index in [-0.39, 0.29) is 17.5 Å². The average molecular weight is 602 g/mol. The molecule has 0 aliphatic heterocycles. The van der Waals surface area contributed by atoms with Crippen molar-refractivity contribution in [3.8, 4) is 0 Å². The molecule has 2 amide bonds. The smallest absolute Gasteiger partial charge is 0.338 e. The Bertz CT molecular complexity index is 1440. The number of unbranched alkanes of at least 4 members (excludes halogenated alkanes) is 1. The second kappa shape index (κ2) is 14.2. The third kappa shape index (κ3) is 8.83. The summed E-state index contributed by atoms with van der Waals surface area (Å²) in [6.45, 7) is 0.264. The largest absolute Gasteiger partial charge is 0.421 e. The summed E-state index contributed by atoms with van der Waals surface area (Å²) < 4.78 is 42.3. The number of hydrogen-bond acceptors (Lipinski definition) is 4. The molecular weight excluding hydrogens is 574 g/mol. The fourth-order valence-electron chi connectivity index (χ4n) is 4.12. The van der Waals surface area contributed by atoms with E-state index in [0.29, 0.717) is 36.3 Å². The minimum Gasteiger partial charge on any atom is -0.338 e. The van der Waals surface area contributed by atoms with Gasteiger partial charge in [-0.3, -0.25) is 4.90 Å². The highest BCUT2D eigenvalue weighted by Crippen LogP contribution is 2.36. The van der Waals surface area contributed by atoms with E-state index in [1.165, 1.54) is 17.7 Å². The van der Waals surface area contributed by atoms with Crippen molar-refractivity contribution in [1.82, 2.24) is 15.3 Å². The number of carbonyl (C=O) groups is 1. The lowest BCUT2D eigenvalue weighted by Gasteiger charge is -2.25. The van der Waals surface area contributed by atoms with Gasteiger partial charge < -0.3 is 10.6 Å². The highest BCUT2D eigenvalue weighted by Gasteiger charge is 2.38. The van der Waals surface area contributed by atoms with Crippen LogP contribution in [0.3, 0.4) is 0 Å². The zero-order chi connectivity index (χ0) is 29.2. The molecule has 0 unspecified atom stereocenters. The molecule has 0 atom stereocenters. The Morgan fingerprint density at radius 1 is 0.854 bits per heavy atom. The van der Waals surface area contributed by atoms with Crippen molar-refractivity contribution in [2.24, 2.45) is 0 Å². The fourth-order valence-corrected chi connectivity index (χ4v) is 4.42. The van der Waals surface area contributed by atoms with E-state index in [9.17, 15) is 18.0 Å². The maximum atomic E-state index is 14.1. The van der Waals surface area contributed by atoms with Gasteiger partial charge in [0.05, 0.1) is 10.0 Å². The Kier molecular flexibility index (Phi) is 10.4. The van der Waals surface area contributed by atoms with Crippen molar-refractivity contribution in [3.05, 3.63) is 112 Å². The van der Waals surface area contributed by atoms with Gasteiger partial charge in [-0.25, -0.2) is 9.78 Å². The van der Waals surface area contributed by atoms with Gasteiger partial charge in [0.25, 0.3) is 0 Å². The van der Waals surface area contributed by atoms with E-state index in [0.717, 1.165) is 23.3 Å². The summed E-state index contributed by atoms with van der Waals surface area (Å²) in [7, 11) is 0. The van der Waals surface area contributed by atoms with Crippen LogP contribution in [0.15, 0.2) is 85.1 Å². The molecule has 41 heavy (non-hydrogen) atoms. The summed E-state index contributed by atoms with van der Waals surface area (Å²) in [5.74, 6) is -0.681. The molecule has 6 nitrogen and oxygen atoms in total. The van der Waals surface area contributed by atoms with Gasteiger partial charge in [-0.05, 0) is 55.0 Å². The van der Waals surface area contributed by atoms with Crippen LogP contribution in [-0.4, -0.2) is 29.1 Å². The van der Waals surface area contributed by atoms with Crippen LogP contribution in [0.25, 0.3) is 0 Å². The molecule has 214 valence electrons. The highest BCUT2D eigenvalue weighted by atomic mass is 35.5. The minimum atomic E-state index is -4.79. The molecule has 0 saturated heterocycles. The van der Waals surface area contributed by atoms with Gasteiger partial charge in [-0.15, -0.1) is 0 Å². The number of hydrogen-bond donors (Lipinski definition) is 2. The lowest BCUT2D eigenvalue weighted by Crippen LogP contribution is -2.43. The van der Waals surface area contributed by atoms with Crippen molar-refractivity contribution in [2.75, 3.05) is 23.3 Å². The zero-order valence-corrected chi connectivity index (χ0v) is 23.5. The summed E-state index contributed by atoms with van der Waals surface area (Å²) in [6.07, 6.45) is -1.49. The van der Waals surface area contributed by atoms with Gasteiger partial charge in [0.1, 0.15) is 5.56 Å². The van der Waals surface area contributed by atoms with E-state index < -0.39 is 23.6 Å². The molecule has 0 radical (unpaired) electrons. The summed E-state index contributed by atoms with van der Waals surface area (Å²) in [5.41, 5.74) is 1.35. The van der Waals surface area contributed by atoms with Crippen molar-refractivity contribution in [2.45, 2.75) is 31.9 Å². The molecule has 0 aliphatic rings. The number of rotatable bonds is 11. The lowest BCUT2D eigenvalue weighted by atomic mass is 10.1. The number of alkyl halides is 3. The first-order valence-corrected chi connectivity index (χ1v) is 13.8. The molecule has 0 aliphatic carbocycles. The first-order chi connectivity index (χ1) is 19.7. The van der Waals surface area contributed by atoms with Crippen LogP contribution in [0.1, 0.15) is 29.5 Å². The van der Waals surface area contributed by atoms with Crippen LogP contribution in [0.4, 0.5) is 35.4 Å². The maximum Gasteiger partial charge on any atom is 0.421 e. The van der Waals surface area contributed by atoms with Crippen molar-refractivity contribution < 1.29 is 18.0 Å². The Hall–Kier alpha value is -3.82. The van der Waals surface area contributed by atoms with Gasteiger partial charge in [0.15, 0.2) is 5.82 Å². The van der Waals surface area contributed by atoms with Crippen LogP contribution in [0, 0.1) is 0 Å². The number of anilines is 3.